The number of amides is 1. The first-order valence-corrected chi connectivity index (χ1v) is 9.75. The minimum Gasteiger partial charge on any atom is -0.393 e. The number of nitrogens with one attached hydrogen (secondary N) is 1. The lowest BCUT2D eigenvalue weighted by atomic mass is 10.1. The molecule has 0 aliphatic heterocycles. The van der Waals surface area contributed by atoms with Crippen LogP contribution < -0.4 is 10.2 Å². The number of rotatable bonds is 10. The van der Waals surface area contributed by atoms with Crippen LogP contribution in [0.3, 0.4) is 0 Å². The number of anilines is 1. The lowest BCUT2D eigenvalue weighted by Gasteiger charge is -2.11. The van der Waals surface area contributed by atoms with E-state index in [1.54, 1.807) is 12.1 Å². The molecule has 2 rings (SSSR count). The van der Waals surface area contributed by atoms with Crippen molar-refractivity contribution < 1.29 is 9.90 Å². The van der Waals surface area contributed by atoms with Gasteiger partial charge in [0.15, 0.2) is 0 Å². The van der Waals surface area contributed by atoms with Crippen molar-refractivity contribution in [3.05, 3.63) is 54.1 Å². The SMILES string of the molecule is CCC(O)CCCCNC(=O)c1ccccc1N=Nc1ccc(N(C)C)cc1. The van der Waals surface area contributed by atoms with E-state index in [0.717, 1.165) is 37.1 Å². The number of carbonyl (C=O) groups is 1. The monoisotopic (exact) mass is 382 g/mol. The van der Waals surface area contributed by atoms with Gasteiger partial charge in [-0.15, -0.1) is 5.11 Å². The Hall–Kier alpha value is -2.73. The van der Waals surface area contributed by atoms with E-state index in [1.165, 1.54) is 0 Å². The minimum atomic E-state index is -0.247. The molecular weight excluding hydrogens is 352 g/mol. The van der Waals surface area contributed by atoms with Crippen molar-refractivity contribution in [2.75, 3.05) is 25.5 Å². The van der Waals surface area contributed by atoms with Crippen LogP contribution in [0.25, 0.3) is 0 Å². The maximum absolute atomic E-state index is 12.5. The number of benzene rings is 2. The summed E-state index contributed by atoms with van der Waals surface area (Å²) in [6.07, 6.45) is 3.01. The molecule has 0 aliphatic carbocycles. The van der Waals surface area contributed by atoms with E-state index in [1.807, 2.05) is 62.3 Å². The van der Waals surface area contributed by atoms with Crippen molar-refractivity contribution in [3.8, 4) is 0 Å². The molecule has 0 saturated carbocycles. The molecule has 1 atom stereocenters. The Balaban J connectivity index is 1.95. The van der Waals surface area contributed by atoms with Crippen molar-refractivity contribution in [1.82, 2.24) is 5.32 Å². The van der Waals surface area contributed by atoms with Crippen LogP contribution in [0.4, 0.5) is 17.1 Å². The molecule has 6 heteroatoms. The standard InChI is InChI=1S/C22H30N4O2/c1-4-19(27)9-7-8-16-23-22(28)20-10-5-6-11-21(20)25-24-17-12-14-18(15-13-17)26(2)3/h5-6,10-15,19,27H,4,7-9,16H2,1-3H3,(H,23,28). The maximum Gasteiger partial charge on any atom is 0.253 e. The topological polar surface area (TPSA) is 77.3 Å². The van der Waals surface area contributed by atoms with Crippen molar-refractivity contribution in [1.29, 1.82) is 0 Å². The summed E-state index contributed by atoms with van der Waals surface area (Å²) in [5.41, 5.74) is 2.86. The van der Waals surface area contributed by atoms with E-state index < -0.39 is 0 Å². The van der Waals surface area contributed by atoms with Crippen LogP contribution in [-0.4, -0.2) is 37.8 Å². The van der Waals surface area contributed by atoms with Gasteiger partial charge in [-0.2, -0.15) is 5.11 Å². The summed E-state index contributed by atoms with van der Waals surface area (Å²) in [6.45, 7) is 2.54. The highest BCUT2D eigenvalue weighted by atomic mass is 16.3. The van der Waals surface area contributed by atoms with E-state index >= 15 is 0 Å². The molecule has 6 nitrogen and oxygen atoms in total. The second-order valence-electron chi connectivity index (χ2n) is 6.94. The highest BCUT2D eigenvalue weighted by Gasteiger charge is 2.10. The van der Waals surface area contributed by atoms with Crippen LogP contribution in [0, 0.1) is 0 Å². The van der Waals surface area contributed by atoms with Gasteiger partial charge in [-0.1, -0.05) is 19.1 Å². The Kier molecular flexibility index (Phi) is 8.62. The molecule has 0 spiro atoms. The average Bonchev–Trinajstić information content (AvgIpc) is 2.72. The molecule has 0 fully saturated rings. The summed E-state index contributed by atoms with van der Waals surface area (Å²) in [4.78, 5) is 14.5. The molecule has 150 valence electrons. The quantitative estimate of drug-likeness (QED) is 0.456. The van der Waals surface area contributed by atoms with Crippen molar-refractivity contribution >= 4 is 23.0 Å². The molecular formula is C22H30N4O2. The largest absolute Gasteiger partial charge is 0.393 e. The molecule has 1 amide bonds. The summed E-state index contributed by atoms with van der Waals surface area (Å²) in [7, 11) is 3.97. The molecule has 2 aromatic carbocycles. The predicted octanol–water partition coefficient (Wildman–Crippen LogP) is 4.84. The van der Waals surface area contributed by atoms with Crippen molar-refractivity contribution in [2.45, 2.75) is 38.7 Å². The van der Waals surface area contributed by atoms with E-state index in [9.17, 15) is 9.90 Å². The second kappa shape index (κ2) is 11.2. The number of carbonyl (C=O) groups excluding carboxylic acids is 1. The van der Waals surface area contributed by atoms with Crippen LogP contribution in [0.5, 0.6) is 0 Å². The summed E-state index contributed by atoms with van der Waals surface area (Å²) in [6, 6.07) is 14.9. The first-order chi connectivity index (χ1) is 13.5. The van der Waals surface area contributed by atoms with Gasteiger partial charge >= 0.3 is 0 Å². The Morgan fingerprint density at radius 3 is 2.46 bits per heavy atom. The van der Waals surface area contributed by atoms with Crippen LogP contribution in [-0.2, 0) is 0 Å². The first kappa shape index (κ1) is 21.6. The Morgan fingerprint density at radius 1 is 1.07 bits per heavy atom. The zero-order valence-electron chi connectivity index (χ0n) is 16.9. The van der Waals surface area contributed by atoms with Gasteiger partial charge < -0.3 is 15.3 Å². The number of aliphatic hydroxyl groups excluding tert-OH is 1. The number of hydrogen-bond acceptors (Lipinski definition) is 5. The van der Waals surface area contributed by atoms with Gasteiger partial charge in [-0.25, -0.2) is 0 Å². The molecule has 28 heavy (non-hydrogen) atoms. The van der Waals surface area contributed by atoms with Crippen LogP contribution in [0.2, 0.25) is 0 Å². The summed E-state index contributed by atoms with van der Waals surface area (Å²) >= 11 is 0. The summed E-state index contributed by atoms with van der Waals surface area (Å²) < 4.78 is 0. The molecule has 2 N–H and O–H groups in total. The zero-order chi connectivity index (χ0) is 20.4. The zero-order valence-corrected chi connectivity index (χ0v) is 16.9. The summed E-state index contributed by atoms with van der Waals surface area (Å²) in [5, 5.41) is 21.0. The Bertz CT molecular complexity index is 772. The number of hydrogen-bond donors (Lipinski definition) is 2. The van der Waals surface area contributed by atoms with Gasteiger partial charge in [0.25, 0.3) is 5.91 Å². The third kappa shape index (κ3) is 6.78. The molecule has 0 aromatic heterocycles. The predicted molar refractivity (Wildman–Crippen MR) is 114 cm³/mol. The van der Waals surface area contributed by atoms with E-state index in [-0.39, 0.29) is 12.0 Å². The third-order valence-electron chi connectivity index (χ3n) is 4.51. The molecule has 0 radical (unpaired) electrons. The van der Waals surface area contributed by atoms with E-state index in [2.05, 4.69) is 15.5 Å². The van der Waals surface area contributed by atoms with Gasteiger partial charge in [-0.05, 0) is 62.1 Å². The van der Waals surface area contributed by atoms with Gasteiger partial charge in [0.1, 0.15) is 0 Å². The lowest BCUT2D eigenvalue weighted by Crippen LogP contribution is -2.24. The fraction of sp³-hybridized carbons (Fsp3) is 0.409. The van der Waals surface area contributed by atoms with Crippen LogP contribution in [0.1, 0.15) is 43.0 Å². The molecule has 1 unspecified atom stereocenters. The molecule has 0 saturated heterocycles. The van der Waals surface area contributed by atoms with Crippen LogP contribution in [0.15, 0.2) is 58.8 Å². The highest BCUT2D eigenvalue weighted by Crippen LogP contribution is 2.24. The van der Waals surface area contributed by atoms with Crippen LogP contribution >= 0.6 is 0 Å². The van der Waals surface area contributed by atoms with Gasteiger partial charge in [0, 0.05) is 26.3 Å². The fourth-order valence-electron chi connectivity index (χ4n) is 2.69. The van der Waals surface area contributed by atoms with Gasteiger partial charge in [0.05, 0.1) is 23.0 Å². The molecule has 0 aliphatic rings. The molecule has 2 aromatic rings. The smallest absolute Gasteiger partial charge is 0.253 e. The first-order valence-electron chi connectivity index (χ1n) is 9.75. The lowest BCUT2D eigenvalue weighted by molar-refractivity contribution is 0.0953. The van der Waals surface area contributed by atoms with E-state index in [4.69, 9.17) is 0 Å². The number of azo groups is 1. The number of nitrogens with zero attached hydrogens (tertiary/aromatic N) is 3. The second-order valence-corrected chi connectivity index (χ2v) is 6.94. The van der Waals surface area contributed by atoms with Crippen molar-refractivity contribution in [3.63, 3.8) is 0 Å². The number of aliphatic hydroxyl groups is 1. The van der Waals surface area contributed by atoms with E-state index in [0.29, 0.717) is 17.8 Å². The molecule has 0 bridgehead atoms. The third-order valence-corrected chi connectivity index (χ3v) is 4.51. The highest BCUT2D eigenvalue weighted by molar-refractivity contribution is 5.98. The maximum atomic E-state index is 12.5. The minimum absolute atomic E-state index is 0.159. The Morgan fingerprint density at radius 2 is 1.79 bits per heavy atom. The summed E-state index contributed by atoms with van der Waals surface area (Å²) in [5.74, 6) is -0.159. The normalized spacial score (nSPS) is 12.1. The van der Waals surface area contributed by atoms with Crippen molar-refractivity contribution in [2.24, 2.45) is 10.2 Å². The van der Waals surface area contributed by atoms with Gasteiger partial charge in [0.2, 0.25) is 0 Å². The molecule has 0 heterocycles. The fourth-order valence-corrected chi connectivity index (χ4v) is 2.69. The van der Waals surface area contributed by atoms with Gasteiger partial charge in [-0.3, -0.25) is 4.79 Å². The number of unbranched alkanes of at least 4 members (excludes halogenated alkanes) is 1. The average molecular weight is 383 g/mol. The Labute approximate surface area is 167 Å².